The normalized spacial score (nSPS) is 19.7. The Morgan fingerprint density at radius 1 is 0.133 bits per heavy atom. The quantitative estimate of drug-likeness (QED) is 0.0279. The van der Waals surface area contributed by atoms with E-state index in [2.05, 4.69) is 172 Å². The molecule has 0 unspecified atom stereocenters. The molecule has 4 aliphatic rings. The first-order valence-electron chi connectivity index (χ1n) is 54.0. The summed E-state index contributed by atoms with van der Waals surface area (Å²) in [5.74, 6) is 0. The van der Waals surface area contributed by atoms with Crippen LogP contribution in [0.25, 0.3) is 0 Å². The highest BCUT2D eigenvalue weighted by Gasteiger charge is 2.18. The summed E-state index contributed by atoms with van der Waals surface area (Å²) >= 11 is 0. The Labute approximate surface area is 794 Å². The first kappa shape index (κ1) is 125. The highest BCUT2D eigenvalue weighted by atomic mass is 16.5. The molecule has 0 aromatic carbocycles. The predicted octanol–water partition coefficient (Wildman–Crippen LogP) is 6.85. The first-order chi connectivity index (χ1) is 63.3. The number of hydrogen-bond acceptors (Lipinski definition) is 28. The van der Waals surface area contributed by atoms with Crippen LogP contribution in [0.1, 0.15) is 212 Å². The standard InChI is InChI=1S/C32H72N8.C28H62N6O4.C24H54N6.C16H36N4/c1-33-17-13-29-37-21-5-7-23-38(30-14-18-34-2)25-9-11-27-40(32-16-20-36-4)28-12-10-26-39(24-8-6-22-37)31-15-19-35-3;1-29-9-7-13-31-11-3-5-15-33-17-21-35-22-18-34(16-6-4-12-32-14-8-10-30-2)20-24-37-26-28-38-27-25-36-23-19-33;1-25-13-10-22-28-16-4-6-18-29(23-11-14-26-2)20-8-9-21-30(19-7-5-17-28)24-12-15-27-3;1-17-9-7-15-19-11-3-5-13-20(14-6-4-12-19)16-8-10-18-2/h33-36H,5-32H2,1-4H3;29-32H,3-28H2,1-2H3;25-27H,4-24H2,1-3H3;17-18H,3-16H2,1-2H3. The van der Waals surface area contributed by atoms with Gasteiger partial charge in [-0.3, -0.25) is 9.80 Å². The van der Waals surface area contributed by atoms with Crippen molar-refractivity contribution in [2.75, 3.05) is 445 Å². The first-order valence-corrected chi connectivity index (χ1v) is 54.0. The Morgan fingerprint density at radius 2 is 0.258 bits per heavy atom. The van der Waals surface area contributed by atoms with E-state index in [9.17, 15) is 0 Å². The third-order valence-corrected chi connectivity index (χ3v) is 25.6. The smallest absolute Gasteiger partial charge is 0.0701 e. The van der Waals surface area contributed by atoms with Crippen molar-refractivity contribution in [2.45, 2.75) is 212 Å². The van der Waals surface area contributed by atoms with Crippen molar-refractivity contribution >= 4 is 0 Å². The molecular formula is C100H224N24O4. The Morgan fingerprint density at radius 3 is 0.422 bits per heavy atom. The van der Waals surface area contributed by atoms with Gasteiger partial charge in [0, 0.05) is 26.2 Å². The van der Waals surface area contributed by atoms with E-state index < -0.39 is 0 Å². The second kappa shape index (κ2) is 103. The van der Waals surface area contributed by atoms with Gasteiger partial charge in [0.1, 0.15) is 0 Å². The van der Waals surface area contributed by atoms with Gasteiger partial charge in [-0.2, -0.15) is 0 Å². The molecule has 0 aliphatic carbocycles. The lowest BCUT2D eigenvalue weighted by molar-refractivity contribution is 0.000763. The summed E-state index contributed by atoms with van der Waals surface area (Å²) in [6.07, 6.45) is 42.7. The SMILES string of the molecule is CNCCCN1CCCCN(CCCNC)CCCC1.CNCCCN1CCCCN(CCCNC)CCCCN(CCCNC)CCCC1.CNCCCN1CCCCN(CCCNC)CCCCN(CCCNC)CCCCN(CCCNC)CCCC1.CNCCCNCCCCN1CCOCCOCCOCCN(CCCCNCCCNC)CCOCC1. The fourth-order valence-electron chi connectivity index (χ4n) is 17.7. The van der Waals surface area contributed by atoms with Crippen LogP contribution in [0.15, 0.2) is 0 Å². The molecule has 0 saturated carbocycles. The largest absolute Gasteiger partial charge is 0.379 e. The fourth-order valence-corrected chi connectivity index (χ4v) is 17.7. The zero-order valence-electron chi connectivity index (χ0n) is 87.0. The number of nitrogens with one attached hydrogen (secondary N) is 13. The van der Waals surface area contributed by atoms with Gasteiger partial charge in [0.25, 0.3) is 0 Å². The van der Waals surface area contributed by atoms with Crippen LogP contribution in [0.2, 0.25) is 0 Å². The lowest BCUT2D eigenvalue weighted by atomic mass is 10.2. The molecule has 0 bridgehead atoms. The van der Waals surface area contributed by atoms with Gasteiger partial charge in [-0.25, -0.2) is 0 Å². The summed E-state index contributed by atoms with van der Waals surface area (Å²) in [6.45, 7) is 62.5. The van der Waals surface area contributed by atoms with Gasteiger partial charge >= 0.3 is 0 Å². The predicted molar refractivity (Wildman–Crippen MR) is 555 cm³/mol. The Kier molecular flexibility index (Phi) is 101. The molecular weight excluding hydrogens is 1600 g/mol. The minimum Gasteiger partial charge on any atom is -0.379 e. The molecule has 0 aromatic heterocycles. The number of rotatable bonds is 54. The van der Waals surface area contributed by atoms with E-state index in [1.165, 1.54) is 389 Å². The second-order valence-electron chi connectivity index (χ2n) is 37.0. The van der Waals surface area contributed by atoms with Crippen LogP contribution in [0.4, 0.5) is 0 Å². The maximum Gasteiger partial charge on any atom is 0.0701 e. The van der Waals surface area contributed by atoms with E-state index in [-0.39, 0.29) is 0 Å². The summed E-state index contributed by atoms with van der Waals surface area (Å²) in [5.41, 5.74) is 0. The van der Waals surface area contributed by atoms with E-state index in [1.807, 2.05) is 28.2 Å². The average molecular weight is 1830 g/mol. The summed E-state index contributed by atoms with van der Waals surface area (Å²) in [6, 6.07) is 0. The maximum absolute atomic E-state index is 6.08. The molecule has 4 saturated heterocycles. The number of hydrogen-bond donors (Lipinski definition) is 13. The van der Waals surface area contributed by atoms with Crippen molar-refractivity contribution in [1.82, 2.24) is 123 Å². The zero-order valence-corrected chi connectivity index (χ0v) is 87.0. The fraction of sp³-hybridized carbons (Fsp3) is 1.00. The lowest BCUT2D eigenvalue weighted by Crippen LogP contribution is -2.35. The summed E-state index contributed by atoms with van der Waals surface area (Å²) in [7, 11) is 22.6. The van der Waals surface area contributed by atoms with Gasteiger partial charge in [-0.05, 0) is 577 Å². The molecule has 13 N–H and O–H groups in total. The summed E-state index contributed by atoms with van der Waals surface area (Å²) in [5, 5.41) is 43.3. The van der Waals surface area contributed by atoms with Crippen molar-refractivity contribution in [2.24, 2.45) is 0 Å². The third-order valence-electron chi connectivity index (χ3n) is 25.6. The maximum atomic E-state index is 6.08. The molecule has 0 aromatic rings. The summed E-state index contributed by atoms with van der Waals surface area (Å²) in [4.78, 5) is 29.5. The van der Waals surface area contributed by atoms with Crippen LogP contribution in [-0.2, 0) is 18.9 Å². The van der Waals surface area contributed by atoms with Gasteiger partial charge in [0.15, 0.2) is 0 Å². The topological polar surface area (TPSA) is 229 Å². The molecule has 28 heteroatoms. The van der Waals surface area contributed by atoms with Crippen LogP contribution >= 0.6 is 0 Å². The van der Waals surface area contributed by atoms with E-state index in [4.69, 9.17) is 18.9 Å². The van der Waals surface area contributed by atoms with Crippen molar-refractivity contribution in [3.05, 3.63) is 0 Å². The minimum atomic E-state index is 0.626. The van der Waals surface area contributed by atoms with Gasteiger partial charge in [0.2, 0.25) is 0 Å². The molecule has 0 atom stereocenters. The van der Waals surface area contributed by atoms with Gasteiger partial charge in [-0.1, -0.05) is 0 Å². The van der Waals surface area contributed by atoms with E-state index in [0.29, 0.717) is 26.4 Å². The molecule has 28 nitrogen and oxygen atoms in total. The lowest BCUT2D eigenvalue weighted by Gasteiger charge is -2.27. The van der Waals surface area contributed by atoms with Gasteiger partial charge in [0.05, 0.1) is 52.9 Å². The van der Waals surface area contributed by atoms with Crippen molar-refractivity contribution in [3.8, 4) is 0 Å². The van der Waals surface area contributed by atoms with Crippen molar-refractivity contribution < 1.29 is 18.9 Å². The molecule has 0 spiro atoms. The molecule has 4 heterocycles. The van der Waals surface area contributed by atoms with Crippen LogP contribution in [0.3, 0.4) is 0 Å². The van der Waals surface area contributed by atoms with Gasteiger partial charge in [-0.15, -0.1) is 0 Å². The monoisotopic (exact) mass is 1830 g/mol. The second-order valence-corrected chi connectivity index (χ2v) is 37.0. The van der Waals surface area contributed by atoms with Crippen LogP contribution < -0.4 is 69.1 Å². The van der Waals surface area contributed by atoms with Crippen LogP contribution in [-0.4, -0.2) is 498 Å². The number of nitrogens with zero attached hydrogens (tertiary/aromatic N) is 11. The molecule has 768 valence electrons. The Balaban J connectivity index is 0.000000876. The average Bonchev–Trinajstić information content (AvgIpc) is 1.96. The van der Waals surface area contributed by atoms with Crippen molar-refractivity contribution in [3.63, 3.8) is 0 Å². The number of ether oxygens (including phenoxy) is 4. The highest BCUT2D eigenvalue weighted by molar-refractivity contribution is 4.74. The van der Waals surface area contributed by atoms with E-state index in [1.54, 1.807) is 0 Å². The minimum absolute atomic E-state index is 0.626. The Bertz CT molecular complexity index is 1840. The zero-order chi connectivity index (χ0) is 92.3. The van der Waals surface area contributed by atoms with Crippen LogP contribution in [0.5, 0.6) is 0 Å². The molecule has 4 rings (SSSR count). The van der Waals surface area contributed by atoms with E-state index in [0.717, 1.165) is 164 Å². The number of unbranched alkanes of at least 4 members (excludes halogenated alkanes) is 2. The molecule has 4 fully saturated rings. The molecule has 0 radical (unpaired) electrons. The Hall–Kier alpha value is -1.12. The molecule has 128 heavy (non-hydrogen) atoms. The summed E-state index contributed by atoms with van der Waals surface area (Å²) < 4.78 is 23.4. The third kappa shape index (κ3) is 86.5. The molecule has 0 amide bonds. The molecule has 4 aliphatic heterocycles. The van der Waals surface area contributed by atoms with E-state index >= 15 is 0 Å². The van der Waals surface area contributed by atoms with Crippen molar-refractivity contribution in [1.29, 1.82) is 0 Å². The highest BCUT2D eigenvalue weighted by Crippen LogP contribution is 2.14. The van der Waals surface area contributed by atoms with Crippen LogP contribution in [0, 0.1) is 0 Å². The van der Waals surface area contributed by atoms with Gasteiger partial charge < -0.3 is 132 Å².